The van der Waals surface area contributed by atoms with Gasteiger partial charge in [-0.3, -0.25) is 9.36 Å². The number of aliphatic hydroxyl groups excluding tert-OH is 1. The molecular formula is C14H22N2O2. The van der Waals surface area contributed by atoms with E-state index in [1.807, 2.05) is 0 Å². The largest absolute Gasteiger partial charge is 0.393 e. The summed E-state index contributed by atoms with van der Waals surface area (Å²) in [5.41, 5.74) is 0.0958. The predicted octanol–water partition coefficient (Wildman–Crippen LogP) is 1.99. The van der Waals surface area contributed by atoms with Gasteiger partial charge in [-0.25, -0.2) is 4.98 Å². The van der Waals surface area contributed by atoms with Crippen molar-refractivity contribution in [3.8, 4) is 0 Å². The Kier molecular flexibility index (Phi) is 3.57. The fourth-order valence-electron chi connectivity index (χ4n) is 3.05. The summed E-state index contributed by atoms with van der Waals surface area (Å²) in [7, 11) is 0. The molecule has 0 bridgehead atoms. The Morgan fingerprint density at radius 1 is 1.39 bits per heavy atom. The molecule has 1 aromatic rings. The van der Waals surface area contributed by atoms with Crippen molar-refractivity contribution in [2.45, 2.75) is 52.2 Å². The molecule has 1 N–H and O–H groups in total. The molecule has 1 heterocycles. The van der Waals surface area contributed by atoms with E-state index >= 15 is 0 Å². The van der Waals surface area contributed by atoms with Gasteiger partial charge in [-0.1, -0.05) is 20.8 Å². The van der Waals surface area contributed by atoms with E-state index in [1.165, 1.54) is 12.3 Å². The summed E-state index contributed by atoms with van der Waals surface area (Å²) in [6.07, 6.45) is 5.24. The first-order valence-corrected chi connectivity index (χ1v) is 6.60. The maximum atomic E-state index is 11.9. The van der Waals surface area contributed by atoms with Crippen LogP contribution < -0.4 is 5.56 Å². The molecule has 3 atom stereocenters. The predicted molar refractivity (Wildman–Crippen MR) is 70.3 cm³/mol. The maximum absolute atomic E-state index is 11.9. The Morgan fingerprint density at radius 2 is 2.11 bits per heavy atom. The van der Waals surface area contributed by atoms with Crippen LogP contribution in [0.4, 0.5) is 0 Å². The second-order valence-corrected chi connectivity index (χ2v) is 6.33. The van der Waals surface area contributed by atoms with Crippen molar-refractivity contribution >= 4 is 0 Å². The summed E-state index contributed by atoms with van der Waals surface area (Å²) in [5, 5.41) is 9.88. The number of nitrogens with zero attached hydrogens (tertiary/aromatic N) is 2. The van der Waals surface area contributed by atoms with E-state index in [4.69, 9.17) is 0 Å². The molecule has 2 rings (SSSR count). The monoisotopic (exact) mass is 250 g/mol. The Labute approximate surface area is 108 Å². The lowest BCUT2D eigenvalue weighted by Crippen LogP contribution is -2.40. The van der Waals surface area contributed by atoms with E-state index in [1.54, 1.807) is 10.9 Å². The minimum Gasteiger partial charge on any atom is -0.393 e. The second kappa shape index (κ2) is 4.84. The molecule has 0 spiro atoms. The SMILES string of the molecule is CC(C)(C)C1CCC(O)CC1n1cnccc1=O. The fourth-order valence-corrected chi connectivity index (χ4v) is 3.05. The number of aliphatic hydroxyl groups is 1. The molecule has 4 heteroatoms. The second-order valence-electron chi connectivity index (χ2n) is 6.33. The summed E-state index contributed by atoms with van der Waals surface area (Å²) in [5.74, 6) is 0.391. The van der Waals surface area contributed by atoms with Gasteiger partial charge in [0.25, 0.3) is 5.56 Å². The van der Waals surface area contributed by atoms with Crippen molar-refractivity contribution in [1.29, 1.82) is 0 Å². The van der Waals surface area contributed by atoms with Crippen molar-refractivity contribution in [1.82, 2.24) is 9.55 Å². The zero-order valence-electron chi connectivity index (χ0n) is 11.3. The van der Waals surface area contributed by atoms with Gasteiger partial charge in [-0.15, -0.1) is 0 Å². The summed E-state index contributed by atoms with van der Waals surface area (Å²) in [6.45, 7) is 6.59. The van der Waals surface area contributed by atoms with Gasteiger partial charge in [0.2, 0.25) is 0 Å². The van der Waals surface area contributed by atoms with Crippen molar-refractivity contribution in [3.63, 3.8) is 0 Å². The Bertz CT molecular complexity index is 461. The third-order valence-corrected chi connectivity index (χ3v) is 4.01. The van der Waals surface area contributed by atoms with E-state index < -0.39 is 0 Å². The molecule has 1 saturated carbocycles. The van der Waals surface area contributed by atoms with Crippen LogP contribution in [0.25, 0.3) is 0 Å². The lowest BCUT2D eigenvalue weighted by Gasteiger charge is -2.42. The zero-order valence-corrected chi connectivity index (χ0v) is 11.3. The summed E-state index contributed by atoms with van der Waals surface area (Å²) >= 11 is 0. The molecule has 0 aromatic carbocycles. The number of aromatic nitrogens is 2. The molecule has 100 valence electrons. The van der Waals surface area contributed by atoms with Crippen LogP contribution in [0.2, 0.25) is 0 Å². The standard InChI is InChI=1S/C14H22N2O2/c1-14(2,3)11-5-4-10(17)8-12(11)16-9-15-7-6-13(16)18/h6-7,9-12,17H,4-5,8H2,1-3H3. The first-order valence-electron chi connectivity index (χ1n) is 6.60. The van der Waals surface area contributed by atoms with Crippen LogP contribution in [0.5, 0.6) is 0 Å². The molecule has 1 fully saturated rings. The summed E-state index contributed by atoms with van der Waals surface area (Å²) in [4.78, 5) is 16.0. The zero-order chi connectivity index (χ0) is 13.3. The molecule has 0 amide bonds. The topological polar surface area (TPSA) is 55.1 Å². The third-order valence-electron chi connectivity index (χ3n) is 4.01. The summed E-state index contributed by atoms with van der Waals surface area (Å²) in [6, 6.07) is 1.54. The molecular weight excluding hydrogens is 228 g/mol. The minimum absolute atomic E-state index is 0.0293. The van der Waals surface area contributed by atoms with Crippen LogP contribution in [0.15, 0.2) is 23.4 Å². The van der Waals surface area contributed by atoms with Crippen LogP contribution in [0, 0.1) is 11.3 Å². The average Bonchev–Trinajstić information content (AvgIpc) is 2.27. The normalized spacial score (nSPS) is 29.2. The Balaban J connectivity index is 2.37. The highest BCUT2D eigenvalue weighted by Gasteiger charge is 2.38. The van der Waals surface area contributed by atoms with Crippen molar-refractivity contribution in [3.05, 3.63) is 28.9 Å². The highest BCUT2D eigenvalue weighted by Crippen LogP contribution is 2.43. The average molecular weight is 250 g/mol. The third kappa shape index (κ3) is 2.64. The Hall–Kier alpha value is -1.16. The highest BCUT2D eigenvalue weighted by molar-refractivity contribution is 4.94. The van der Waals surface area contributed by atoms with Gasteiger partial charge in [-0.05, 0) is 30.6 Å². The molecule has 0 aliphatic heterocycles. The number of rotatable bonds is 1. The lowest BCUT2D eigenvalue weighted by molar-refractivity contribution is 0.0283. The number of hydrogen-bond acceptors (Lipinski definition) is 3. The molecule has 1 aliphatic carbocycles. The van der Waals surface area contributed by atoms with Crippen molar-refractivity contribution in [2.24, 2.45) is 11.3 Å². The molecule has 1 aromatic heterocycles. The van der Waals surface area contributed by atoms with Crippen LogP contribution in [0.3, 0.4) is 0 Å². The van der Waals surface area contributed by atoms with Gasteiger partial charge in [0.15, 0.2) is 0 Å². The van der Waals surface area contributed by atoms with E-state index in [0.29, 0.717) is 12.3 Å². The fraction of sp³-hybridized carbons (Fsp3) is 0.714. The van der Waals surface area contributed by atoms with Gasteiger partial charge in [0.05, 0.1) is 12.4 Å². The van der Waals surface area contributed by atoms with Crippen LogP contribution >= 0.6 is 0 Å². The van der Waals surface area contributed by atoms with Crippen LogP contribution in [-0.4, -0.2) is 20.8 Å². The van der Waals surface area contributed by atoms with Gasteiger partial charge >= 0.3 is 0 Å². The van der Waals surface area contributed by atoms with Gasteiger partial charge in [0, 0.05) is 18.3 Å². The smallest absolute Gasteiger partial charge is 0.253 e. The molecule has 0 radical (unpaired) electrons. The first kappa shape index (κ1) is 13.3. The summed E-state index contributed by atoms with van der Waals surface area (Å²) < 4.78 is 1.69. The Morgan fingerprint density at radius 3 is 2.72 bits per heavy atom. The lowest BCUT2D eigenvalue weighted by atomic mass is 9.69. The van der Waals surface area contributed by atoms with Gasteiger partial charge in [-0.2, -0.15) is 0 Å². The van der Waals surface area contributed by atoms with Crippen LogP contribution in [-0.2, 0) is 0 Å². The highest BCUT2D eigenvalue weighted by atomic mass is 16.3. The molecule has 18 heavy (non-hydrogen) atoms. The van der Waals surface area contributed by atoms with E-state index in [9.17, 15) is 9.90 Å². The maximum Gasteiger partial charge on any atom is 0.253 e. The molecule has 3 unspecified atom stereocenters. The van der Waals surface area contributed by atoms with Crippen molar-refractivity contribution < 1.29 is 5.11 Å². The van der Waals surface area contributed by atoms with Crippen molar-refractivity contribution in [2.75, 3.05) is 0 Å². The van der Waals surface area contributed by atoms with Gasteiger partial charge < -0.3 is 5.11 Å². The molecule has 0 saturated heterocycles. The van der Waals surface area contributed by atoms with E-state index in [2.05, 4.69) is 25.8 Å². The molecule has 4 nitrogen and oxygen atoms in total. The first-order chi connectivity index (χ1) is 8.39. The van der Waals surface area contributed by atoms with Gasteiger partial charge in [0.1, 0.15) is 0 Å². The van der Waals surface area contributed by atoms with Crippen LogP contribution in [0.1, 0.15) is 46.1 Å². The van der Waals surface area contributed by atoms with E-state index in [0.717, 1.165) is 12.8 Å². The quantitative estimate of drug-likeness (QED) is 0.829. The van der Waals surface area contributed by atoms with E-state index in [-0.39, 0.29) is 23.1 Å². The minimum atomic E-state index is -0.305. The molecule has 1 aliphatic rings. The number of hydrogen-bond donors (Lipinski definition) is 1.